The van der Waals surface area contributed by atoms with Gasteiger partial charge in [0.2, 0.25) is 4.77 Å². The lowest BCUT2D eigenvalue weighted by molar-refractivity contribution is 0.623. The largest absolute Gasteiger partial charge is 0.391 e. The standard InChI is InChI=1S/C4H6N4O3S/c5-1-2(6)7-4(12(10)11)8-3(1)9/h7H,5-6H2,(H,8,9). The molecule has 12 heavy (non-hydrogen) atoms. The van der Waals surface area contributed by atoms with Gasteiger partial charge in [-0.15, -0.1) is 0 Å². The number of anilines is 2. The second-order valence-electron chi connectivity index (χ2n) is 1.97. The summed E-state index contributed by atoms with van der Waals surface area (Å²) in [6.07, 6.45) is 0. The number of nitrogen functional groups attached to an aromatic ring is 2. The summed E-state index contributed by atoms with van der Waals surface area (Å²) in [5.74, 6) is -0.169. The van der Waals surface area contributed by atoms with E-state index in [0.29, 0.717) is 0 Å². The van der Waals surface area contributed by atoms with E-state index in [4.69, 9.17) is 11.5 Å². The maximum absolute atomic E-state index is 10.8. The first-order valence-electron chi connectivity index (χ1n) is 2.82. The lowest BCUT2D eigenvalue weighted by atomic mass is 10.5. The minimum absolute atomic E-state index is 0.169. The summed E-state index contributed by atoms with van der Waals surface area (Å²) in [7, 11) is -2.55. The molecule has 0 aliphatic carbocycles. The van der Waals surface area contributed by atoms with Gasteiger partial charge in [-0.05, 0) is 0 Å². The highest BCUT2D eigenvalue weighted by atomic mass is 32.2. The number of nitrogens with two attached hydrogens (primary N) is 2. The summed E-state index contributed by atoms with van der Waals surface area (Å²) in [6.45, 7) is 0. The van der Waals surface area contributed by atoms with E-state index in [1.807, 2.05) is 4.98 Å². The third-order valence-electron chi connectivity index (χ3n) is 1.18. The zero-order valence-corrected chi connectivity index (χ0v) is 6.60. The van der Waals surface area contributed by atoms with Crippen molar-refractivity contribution in [2.45, 2.75) is 0 Å². The number of nitrogens with one attached hydrogen (secondary N) is 2. The molecule has 66 valence electrons. The van der Waals surface area contributed by atoms with Crippen LogP contribution in [0.2, 0.25) is 0 Å². The van der Waals surface area contributed by atoms with E-state index in [9.17, 15) is 13.2 Å². The third-order valence-corrected chi connectivity index (χ3v) is 1.71. The number of hydrogen-bond donors (Lipinski definition) is 4. The fraction of sp³-hybridized carbons (Fsp3) is 0. The molecule has 1 rings (SSSR count). The van der Waals surface area contributed by atoms with Gasteiger partial charge in [0.1, 0.15) is 11.5 Å². The minimum Gasteiger partial charge on any atom is -0.391 e. The highest BCUT2D eigenvalue weighted by Crippen LogP contribution is 1.99. The van der Waals surface area contributed by atoms with Crippen LogP contribution in [-0.2, 0) is 10.3 Å². The van der Waals surface area contributed by atoms with Crippen molar-refractivity contribution < 1.29 is 8.42 Å². The summed E-state index contributed by atoms with van der Waals surface area (Å²) in [5.41, 5.74) is 9.37. The number of hydrogen-bond acceptors (Lipinski definition) is 5. The molecule has 0 unspecified atom stereocenters. The quantitative estimate of drug-likeness (QED) is 0.361. The van der Waals surface area contributed by atoms with Gasteiger partial charge in [0, 0.05) is 0 Å². The first kappa shape index (κ1) is 8.40. The topological polar surface area (TPSA) is 135 Å². The molecule has 0 saturated heterocycles. The average Bonchev–Trinajstić information content (AvgIpc) is 1.99. The average molecular weight is 190 g/mol. The smallest absolute Gasteiger partial charge is 0.277 e. The molecule has 1 aromatic rings. The minimum atomic E-state index is -2.55. The van der Waals surface area contributed by atoms with Crippen LogP contribution in [0, 0.1) is 4.77 Å². The van der Waals surface area contributed by atoms with Gasteiger partial charge in [0.25, 0.3) is 15.9 Å². The Hall–Kier alpha value is -1.70. The maximum Gasteiger partial charge on any atom is 0.277 e. The van der Waals surface area contributed by atoms with Crippen LogP contribution in [0.5, 0.6) is 0 Å². The normalized spacial score (nSPS) is 9.67. The number of aromatic amines is 2. The van der Waals surface area contributed by atoms with E-state index in [0.717, 1.165) is 0 Å². The van der Waals surface area contributed by atoms with Gasteiger partial charge < -0.3 is 16.5 Å². The van der Waals surface area contributed by atoms with Crippen molar-refractivity contribution in [3.8, 4) is 0 Å². The van der Waals surface area contributed by atoms with Crippen LogP contribution >= 0.6 is 0 Å². The highest BCUT2D eigenvalue weighted by Gasteiger charge is 1.99. The molecule has 6 N–H and O–H groups in total. The van der Waals surface area contributed by atoms with Gasteiger partial charge in [-0.3, -0.25) is 9.78 Å². The summed E-state index contributed by atoms with van der Waals surface area (Å²) in [4.78, 5) is 15.0. The Morgan fingerprint density at radius 3 is 2.17 bits per heavy atom. The fourth-order valence-electron chi connectivity index (χ4n) is 0.597. The third kappa shape index (κ3) is 1.32. The molecule has 0 spiro atoms. The first-order chi connectivity index (χ1) is 5.52. The van der Waals surface area contributed by atoms with Gasteiger partial charge in [-0.1, -0.05) is 0 Å². The molecular weight excluding hydrogens is 184 g/mol. The van der Waals surface area contributed by atoms with Crippen molar-refractivity contribution in [2.24, 2.45) is 0 Å². The van der Waals surface area contributed by atoms with Crippen LogP contribution in [0.25, 0.3) is 0 Å². The van der Waals surface area contributed by atoms with Crippen molar-refractivity contribution in [2.75, 3.05) is 11.5 Å². The lowest BCUT2D eigenvalue weighted by Gasteiger charge is -1.95. The fourth-order valence-corrected chi connectivity index (χ4v) is 0.966. The summed E-state index contributed by atoms with van der Waals surface area (Å²) < 4.78 is 20.2. The molecule has 0 fully saturated rings. The van der Waals surface area contributed by atoms with Gasteiger partial charge in [0.05, 0.1) is 0 Å². The monoisotopic (exact) mass is 190 g/mol. The van der Waals surface area contributed by atoms with E-state index in [1.54, 1.807) is 0 Å². The van der Waals surface area contributed by atoms with Crippen LogP contribution in [-0.4, -0.2) is 18.4 Å². The van der Waals surface area contributed by atoms with Gasteiger partial charge in [0.15, 0.2) is 0 Å². The summed E-state index contributed by atoms with van der Waals surface area (Å²) >= 11 is 0. The number of rotatable bonds is 0. The molecule has 0 aromatic carbocycles. The molecule has 1 aromatic heterocycles. The predicted octanol–water partition coefficient (Wildman–Crippen LogP) is -1.72. The Labute approximate surface area is 67.6 Å². The van der Waals surface area contributed by atoms with Crippen molar-refractivity contribution in [3.63, 3.8) is 0 Å². The Morgan fingerprint density at radius 2 is 1.75 bits per heavy atom. The Bertz CT molecular complexity index is 514. The molecule has 0 saturated carbocycles. The van der Waals surface area contributed by atoms with Crippen LogP contribution < -0.4 is 17.0 Å². The molecule has 0 radical (unpaired) electrons. The van der Waals surface area contributed by atoms with Crippen LogP contribution in [0.3, 0.4) is 0 Å². The van der Waals surface area contributed by atoms with Crippen LogP contribution in [0.15, 0.2) is 4.79 Å². The molecule has 0 amide bonds. The van der Waals surface area contributed by atoms with E-state index >= 15 is 0 Å². The van der Waals surface area contributed by atoms with E-state index < -0.39 is 20.6 Å². The molecule has 8 heteroatoms. The van der Waals surface area contributed by atoms with Crippen molar-refractivity contribution in [1.29, 1.82) is 0 Å². The second-order valence-corrected chi connectivity index (χ2v) is 2.85. The molecule has 1 heterocycles. The lowest BCUT2D eigenvalue weighted by Crippen LogP contribution is -2.16. The zero-order chi connectivity index (χ0) is 9.30. The van der Waals surface area contributed by atoms with Gasteiger partial charge >= 0.3 is 0 Å². The molecule has 0 atom stereocenters. The summed E-state index contributed by atoms with van der Waals surface area (Å²) in [6, 6.07) is 0. The number of H-pyrrole nitrogens is 2. The highest BCUT2D eigenvalue weighted by molar-refractivity contribution is 7.63. The van der Waals surface area contributed by atoms with Crippen molar-refractivity contribution in [1.82, 2.24) is 9.97 Å². The molecule has 7 nitrogen and oxygen atoms in total. The number of aromatic nitrogens is 2. The predicted molar refractivity (Wildman–Crippen MR) is 42.4 cm³/mol. The molecule has 0 aliphatic rings. The Morgan fingerprint density at radius 1 is 1.17 bits per heavy atom. The zero-order valence-electron chi connectivity index (χ0n) is 5.79. The molecular formula is C4H6N4O3S. The maximum atomic E-state index is 10.8. The molecule has 0 bridgehead atoms. The summed E-state index contributed by atoms with van der Waals surface area (Å²) in [5, 5.41) is 0. The van der Waals surface area contributed by atoms with Gasteiger partial charge in [-0.2, -0.15) is 8.42 Å². The Balaban J connectivity index is 3.90. The van der Waals surface area contributed by atoms with Crippen LogP contribution in [0.1, 0.15) is 0 Å². The van der Waals surface area contributed by atoms with Crippen molar-refractivity contribution in [3.05, 3.63) is 15.1 Å². The van der Waals surface area contributed by atoms with E-state index in [-0.39, 0.29) is 11.5 Å². The second kappa shape index (κ2) is 2.74. The van der Waals surface area contributed by atoms with E-state index in [2.05, 4.69) is 4.98 Å². The van der Waals surface area contributed by atoms with Gasteiger partial charge in [-0.25, -0.2) is 0 Å². The first-order valence-corrected chi connectivity index (χ1v) is 3.89. The SMILES string of the molecule is Nc1[nH]c(=S(=O)=O)[nH]c(=O)c1N. The van der Waals surface area contributed by atoms with Crippen molar-refractivity contribution >= 4 is 21.8 Å². The Kier molecular flexibility index (Phi) is 1.92. The molecule has 0 aliphatic heterocycles. The van der Waals surface area contributed by atoms with E-state index in [1.165, 1.54) is 0 Å². The van der Waals surface area contributed by atoms with Crippen LogP contribution in [0.4, 0.5) is 11.5 Å².